The monoisotopic (exact) mass is 672 g/mol. The number of carboxylic acid groups (broad SMARTS) is 1. The van der Waals surface area contributed by atoms with Crippen molar-refractivity contribution in [3.05, 3.63) is 194 Å². The number of hydrogen-bond acceptors (Lipinski definition) is 2. The van der Waals surface area contributed by atoms with Gasteiger partial charge in [-0.3, -0.25) is 4.79 Å². The highest BCUT2D eigenvalue weighted by Crippen LogP contribution is 2.73. The zero-order valence-corrected chi connectivity index (χ0v) is 31.9. The van der Waals surface area contributed by atoms with Gasteiger partial charge < -0.3 is 10.2 Å². The summed E-state index contributed by atoms with van der Waals surface area (Å²) in [6.07, 6.45) is 29.1. The quantitative estimate of drug-likeness (QED) is 0.151. The Balaban J connectivity index is 5.49. The van der Waals surface area contributed by atoms with E-state index in [4.69, 9.17) is 0 Å². The second-order valence-electron chi connectivity index (χ2n) is 14.4. The van der Waals surface area contributed by atoms with E-state index in [1.54, 1.807) is 24.3 Å². The Morgan fingerprint density at radius 3 is 1.00 bits per heavy atom. The Kier molecular flexibility index (Phi) is 15.0. The van der Waals surface area contributed by atoms with Crippen molar-refractivity contribution in [2.45, 2.75) is 67.4 Å². The molecule has 0 saturated heterocycles. The maximum Gasteiger partial charge on any atom is 0.314 e. The summed E-state index contributed by atoms with van der Waals surface area (Å²) in [6.45, 7) is 47.9. The molecule has 1 aliphatic rings. The predicted molar refractivity (Wildman–Crippen MR) is 219 cm³/mol. The fourth-order valence-electron chi connectivity index (χ4n) is 6.49. The molecule has 0 aromatic carbocycles. The summed E-state index contributed by atoms with van der Waals surface area (Å²) in [7, 11) is 0. The molecule has 1 fully saturated rings. The molecular formula is C47H60O3. The number of carboxylic acids is 1. The maximum absolute atomic E-state index is 14.5. The smallest absolute Gasteiger partial charge is 0.314 e. The van der Waals surface area contributed by atoms with Gasteiger partial charge in [-0.1, -0.05) is 194 Å². The minimum absolute atomic E-state index is 0.103. The summed E-state index contributed by atoms with van der Waals surface area (Å²) in [6, 6.07) is 0. The van der Waals surface area contributed by atoms with E-state index in [2.05, 4.69) is 52.6 Å². The van der Waals surface area contributed by atoms with Crippen molar-refractivity contribution in [3.63, 3.8) is 0 Å². The summed E-state index contributed by atoms with van der Waals surface area (Å²) in [5.41, 5.74) is -2.65. The van der Waals surface area contributed by atoms with Crippen LogP contribution in [0.2, 0.25) is 0 Å². The Labute approximate surface area is 303 Å². The third-order valence-electron chi connectivity index (χ3n) is 8.83. The highest BCUT2D eigenvalue weighted by Gasteiger charge is 2.76. The molecule has 1 saturated carbocycles. The molecule has 1 rings (SSSR count). The first-order chi connectivity index (χ1) is 23.0. The predicted octanol–water partition coefficient (Wildman–Crippen LogP) is 12.2. The molecule has 0 aromatic rings. The van der Waals surface area contributed by atoms with E-state index in [-0.39, 0.29) is 6.42 Å². The first kappa shape index (κ1) is 43.3. The molecule has 0 amide bonds. The molecule has 3 heteroatoms. The lowest BCUT2D eigenvalue weighted by atomic mass is 9.34. The normalized spacial score (nSPS) is 29.0. The van der Waals surface area contributed by atoms with Crippen LogP contribution in [0.25, 0.3) is 0 Å². The lowest BCUT2D eigenvalue weighted by Crippen LogP contribution is -2.72. The van der Waals surface area contributed by atoms with Gasteiger partial charge in [-0.2, -0.15) is 0 Å². The molecule has 2 N–H and O–H groups in total. The molecular weight excluding hydrogens is 613 g/mol. The molecule has 0 radical (unpaired) electrons. The largest absolute Gasteiger partial charge is 0.481 e. The highest BCUT2D eigenvalue weighted by atomic mass is 16.4. The van der Waals surface area contributed by atoms with Crippen molar-refractivity contribution in [2.24, 2.45) is 21.7 Å². The van der Waals surface area contributed by atoms with E-state index in [0.29, 0.717) is 33.4 Å². The molecule has 1 aliphatic carbocycles. The summed E-state index contributed by atoms with van der Waals surface area (Å²) >= 11 is 0. The van der Waals surface area contributed by atoms with Crippen molar-refractivity contribution in [3.8, 4) is 0 Å². The van der Waals surface area contributed by atoms with E-state index >= 15 is 0 Å². The summed E-state index contributed by atoms with van der Waals surface area (Å²) in [4.78, 5) is 14.5. The van der Waals surface area contributed by atoms with Gasteiger partial charge in [0, 0.05) is 10.8 Å². The van der Waals surface area contributed by atoms with Gasteiger partial charge in [-0.05, 0) is 61.8 Å². The van der Waals surface area contributed by atoms with Crippen molar-refractivity contribution >= 4 is 5.97 Å². The first-order valence-corrected chi connectivity index (χ1v) is 16.7. The van der Waals surface area contributed by atoms with Gasteiger partial charge >= 0.3 is 5.97 Å². The topological polar surface area (TPSA) is 57.5 Å². The number of rotatable bonds is 17. The fourth-order valence-corrected chi connectivity index (χ4v) is 6.49. The number of carbonyl (C=O) groups is 1. The van der Waals surface area contributed by atoms with Gasteiger partial charge in [0.1, 0.15) is 11.0 Å². The van der Waals surface area contributed by atoms with Crippen LogP contribution in [0.3, 0.4) is 0 Å². The first-order valence-electron chi connectivity index (χ1n) is 16.7. The van der Waals surface area contributed by atoms with Crippen LogP contribution in [-0.2, 0) is 4.79 Å². The molecule has 266 valence electrons. The second-order valence-corrected chi connectivity index (χ2v) is 14.4. The van der Waals surface area contributed by atoms with Gasteiger partial charge in [0.2, 0.25) is 0 Å². The van der Waals surface area contributed by atoms with Crippen LogP contribution in [0.15, 0.2) is 194 Å². The molecule has 50 heavy (non-hydrogen) atoms. The van der Waals surface area contributed by atoms with Crippen LogP contribution >= 0.6 is 0 Å². The Morgan fingerprint density at radius 1 is 0.440 bits per heavy atom. The summed E-state index contributed by atoms with van der Waals surface area (Å²) < 4.78 is 0. The molecule has 0 heterocycles. The summed E-state index contributed by atoms with van der Waals surface area (Å²) in [5, 5.41) is 26.0. The van der Waals surface area contributed by atoms with E-state index in [0.717, 1.165) is 11.1 Å². The highest BCUT2D eigenvalue weighted by molar-refractivity contribution is 5.82. The number of aliphatic carboxylic acids is 1. The molecule has 0 spiro atoms. The number of hydrogen-bond donors (Lipinski definition) is 2. The molecule has 2 unspecified atom stereocenters. The average Bonchev–Trinajstić information content (AvgIpc) is 2.98. The standard InChI is InChI=1S/C47H60O3/c1-34(2)17-25-43(26-18-35(3)4)33-44(42(48)49,27-19-36(5)6)45(28-20-37(7)8,29-21-38(9)10)46(30-22-39(11)12,31-23-40(13)14)47(43,50)32-24-41(15)16/h17-32,50H,1,3,5,7,9,11,13,15,33H2,2,4,6,8,10,12,14,16H3,(H,48,49). The van der Waals surface area contributed by atoms with Gasteiger partial charge in [0.25, 0.3) is 0 Å². The van der Waals surface area contributed by atoms with Crippen molar-refractivity contribution < 1.29 is 15.0 Å². The van der Waals surface area contributed by atoms with Crippen LogP contribution < -0.4 is 0 Å². The van der Waals surface area contributed by atoms with Gasteiger partial charge in [-0.15, -0.1) is 0 Å². The van der Waals surface area contributed by atoms with Gasteiger partial charge in [-0.25, -0.2) is 0 Å². The Hall–Kier alpha value is -4.73. The zero-order chi connectivity index (χ0) is 38.7. The lowest BCUT2D eigenvalue weighted by Gasteiger charge is -2.68. The summed E-state index contributed by atoms with van der Waals surface area (Å²) in [5.74, 6) is -1.10. The van der Waals surface area contributed by atoms with Crippen LogP contribution in [0.4, 0.5) is 0 Å². The average molecular weight is 673 g/mol. The van der Waals surface area contributed by atoms with Crippen molar-refractivity contribution in [1.82, 2.24) is 0 Å². The molecule has 3 nitrogen and oxygen atoms in total. The zero-order valence-electron chi connectivity index (χ0n) is 31.9. The van der Waals surface area contributed by atoms with E-state index in [9.17, 15) is 15.0 Å². The minimum atomic E-state index is -1.91. The van der Waals surface area contributed by atoms with Crippen LogP contribution in [-0.4, -0.2) is 21.8 Å². The second kappa shape index (κ2) is 17.3. The molecule has 0 aromatic heterocycles. The van der Waals surface area contributed by atoms with Crippen molar-refractivity contribution in [2.75, 3.05) is 0 Å². The van der Waals surface area contributed by atoms with Crippen LogP contribution in [0.1, 0.15) is 61.8 Å². The molecule has 0 bridgehead atoms. The van der Waals surface area contributed by atoms with E-state index < -0.39 is 33.2 Å². The number of aliphatic hydroxyl groups is 1. The fraction of sp³-hybridized carbons (Fsp3) is 0.298. The van der Waals surface area contributed by atoms with Crippen LogP contribution in [0.5, 0.6) is 0 Å². The lowest BCUT2D eigenvalue weighted by molar-refractivity contribution is -0.191. The Morgan fingerprint density at radius 2 is 0.700 bits per heavy atom. The van der Waals surface area contributed by atoms with Gasteiger partial charge in [0.15, 0.2) is 0 Å². The van der Waals surface area contributed by atoms with Gasteiger partial charge in [0.05, 0.1) is 5.41 Å². The van der Waals surface area contributed by atoms with Crippen LogP contribution in [0, 0.1) is 21.7 Å². The molecule has 2 atom stereocenters. The Bertz CT molecular complexity index is 1610. The third kappa shape index (κ3) is 9.28. The van der Waals surface area contributed by atoms with E-state index in [1.165, 1.54) is 0 Å². The maximum atomic E-state index is 14.5. The van der Waals surface area contributed by atoms with Crippen molar-refractivity contribution in [1.29, 1.82) is 0 Å². The SMILES string of the molecule is C=C(C)C=CC1(C=CC(=C)C)CC(C=CC(=C)C)(C(=O)O)C(C=CC(=C)C)(C=CC(=C)C)C(C=CC(=C)C)(C=CC(=C)C)C1(O)C=CC(=C)C. The number of allylic oxidation sites excluding steroid dienone is 18. The minimum Gasteiger partial charge on any atom is -0.481 e. The van der Waals surface area contributed by atoms with E-state index in [1.807, 2.05) is 128 Å². The third-order valence-corrected chi connectivity index (χ3v) is 8.83. The molecule has 0 aliphatic heterocycles.